The van der Waals surface area contributed by atoms with Crippen LogP contribution in [0.2, 0.25) is 25.7 Å². The van der Waals surface area contributed by atoms with Crippen molar-refractivity contribution in [3.8, 4) is 5.75 Å². The number of carbonyl (C=O) groups excluding carboxylic acids is 1. The van der Waals surface area contributed by atoms with Crippen molar-refractivity contribution in [3.05, 3.63) is 16.6 Å². The van der Waals surface area contributed by atoms with E-state index in [2.05, 4.69) is 65.5 Å². The highest BCUT2D eigenvalue weighted by Gasteiger charge is 2.39. The van der Waals surface area contributed by atoms with E-state index in [9.17, 15) is 4.79 Å². The summed E-state index contributed by atoms with van der Waals surface area (Å²) in [5.41, 5.74) is 2.05. The zero-order valence-electron chi connectivity index (χ0n) is 20.7. The fourth-order valence-electron chi connectivity index (χ4n) is 4.68. The molecule has 1 aromatic rings. The number of halogens is 1. The molecular formula is C24H37BrN4O3Si. The molecule has 1 fully saturated rings. The minimum Gasteiger partial charge on any atom is -0.483 e. The van der Waals surface area contributed by atoms with Crippen molar-refractivity contribution in [3.63, 3.8) is 0 Å². The van der Waals surface area contributed by atoms with Gasteiger partial charge in [0.05, 0.1) is 11.4 Å². The Morgan fingerprint density at radius 3 is 2.67 bits per heavy atom. The van der Waals surface area contributed by atoms with Gasteiger partial charge >= 0.3 is 0 Å². The van der Waals surface area contributed by atoms with Gasteiger partial charge in [-0.1, -0.05) is 26.6 Å². The standard InChI is InChI=1S/C24H37BrN4O3Si/c1-16-7-8-17(2)27(13-16)20-12-21-22(11-19(20)25)32-14-23-26-28(24(30)18(3)29(21)23)15-31-9-10-33(4,5)6/h11-12,16-18H,7-10,13-15H2,1-6H3/t16-,17-,18?/m1/s1. The summed E-state index contributed by atoms with van der Waals surface area (Å²) in [6.45, 7) is 15.7. The molecule has 3 atom stereocenters. The zero-order chi connectivity index (χ0) is 23.9. The van der Waals surface area contributed by atoms with Crippen LogP contribution in [0.3, 0.4) is 0 Å². The van der Waals surface area contributed by atoms with Gasteiger partial charge in [-0.2, -0.15) is 5.10 Å². The molecule has 0 saturated carbocycles. The highest BCUT2D eigenvalue weighted by Crippen LogP contribution is 2.44. The predicted octanol–water partition coefficient (Wildman–Crippen LogP) is 5.13. The molecule has 3 heterocycles. The maximum atomic E-state index is 13.2. The molecule has 0 aliphatic carbocycles. The van der Waals surface area contributed by atoms with Gasteiger partial charge in [0.25, 0.3) is 5.91 Å². The maximum Gasteiger partial charge on any atom is 0.267 e. The van der Waals surface area contributed by atoms with Gasteiger partial charge in [-0.25, -0.2) is 5.01 Å². The third-order valence-corrected chi connectivity index (χ3v) is 9.13. The largest absolute Gasteiger partial charge is 0.483 e. The van der Waals surface area contributed by atoms with Crippen molar-refractivity contribution in [2.24, 2.45) is 11.0 Å². The third-order valence-electron chi connectivity index (χ3n) is 6.80. The molecule has 3 aliphatic heterocycles. The van der Waals surface area contributed by atoms with Crippen molar-refractivity contribution in [2.75, 3.05) is 36.3 Å². The molecule has 1 unspecified atom stereocenters. The number of rotatable bonds is 6. The van der Waals surface area contributed by atoms with Gasteiger partial charge in [0.1, 0.15) is 25.1 Å². The molecule has 7 nitrogen and oxygen atoms in total. The number of hydrazone groups is 1. The Kier molecular flexibility index (Phi) is 7.12. The Balaban J connectivity index is 1.58. The van der Waals surface area contributed by atoms with Gasteiger partial charge in [0, 0.05) is 31.7 Å². The molecule has 0 aromatic heterocycles. The van der Waals surface area contributed by atoms with Gasteiger partial charge in [-0.05, 0) is 66.7 Å². The first-order valence-corrected chi connectivity index (χ1v) is 16.5. The van der Waals surface area contributed by atoms with Crippen molar-refractivity contribution >= 4 is 47.1 Å². The van der Waals surface area contributed by atoms with Crippen LogP contribution in [0.5, 0.6) is 5.75 Å². The lowest BCUT2D eigenvalue weighted by molar-refractivity contribution is -0.138. The summed E-state index contributed by atoms with van der Waals surface area (Å²) in [5, 5.41) is 6.08. The third kappa shape index (κ3) is 5.25. The van der Waals surface area contributed by atoms with Crippen molar-refractivity contribution in [2.45, 2.75) is 71.4 Å². The second-order valence-electron chi connectivity index (χ2n) is 10.9. The van der Waals surface area contributed by atoms with E-state index in [1.165, 1.54) is 17.9 Å². The van der Waals surface area contributed by atoms with E-state index < -0.39 is 8.07 Å². The lowest BCUT2D eigenvalue weighted by Crippen LogP contribution is -2.57. The normalized spacial score (nSPS) is 25.4. The number of benzene rings is 1. The fraction of sp³-hybridized carbons (Fsp3) is 0.667. The van der Waals surface area contributed by atoms with Crippen LogP contribution in [0.25, 0.3) is 0 Å². The minimum absolute atomic E-state index is 0.0518. The number of carbonyl (C=O) groups is 1. The summed E-state index contributed by atoms with van der Waals surface area (Å²) in [7, 11) is -1.18. The molecule has 9 heteroatoms. The Bertz CT molecular complexity index is 935. The summed E-state index contributed by atoms with van der Waals surface area (Å²) in [5.74, 6) is 2.13. The number of amides is 1. The lowest BCUT2D eigenvalue weighted by atomic mass is 9.94. The molecular weight excluding hydrogens is 500 g/mol. The van der Waals surface area contributed by atoms with Crippen LogP contribution in [0.15, 0.2) is 21.7 Å². The molecule has 4 rings (SSSR count). The smallest absolute Gasteiger partial charge is 0.267 e. The average Bonchev–Trinajstić information content (AvgIpc) is 2.74. The van der Waals surface area contributed by atoms with Crippen LogP contribution in [-0.4, -0.2) is 63.4 Å². The van der Waals surface area contributed by atoms with Crippen LogP contribution in [0.1, 0.15) is 33.6 Å². The average molecular weight is 538 g/mol. The van der Waals surface area contributed by atoms with Crippen LogP contribution in [0.4, 0.5) is 11.4 Å². The number of hydrogen-bond donors (Lipinski definition) is 0. The van der Waals surface area contributed by atoms with E-state index in [1.807, 2.05) is 17.9 Å². The predicted molar refractivity (Wildman–Crippen MR) is 140 cm³/mol. The Labute approximate surface area is 207 Å². The number of hydrogen-bond acceptors (Lipinski definition) is 6. The number of anilines is 2. The summed E-state index contributed by atoms with van der Waals surface area (Å²) >= 11 is 3.77. The van der Waals surface area contributed by atoms with E-state index in [-0.39, 0.29) is 18.7 Å². The molecule has 3 aliphatic rings. The van der Waals surface area contributed by atoms with Gasteiger partial charge in [0.2, 0.25) is 0 Å². The summed E-state index contributed by atoms with van der Waals surface area (Å²) in [6.07, 6.45) is 2.44. The molecule has 182 valence electrons. The highest BCUT2D eigenvalue weighted by atomic mass is 79.9. The maximum absolute atomic E-state index is 13.2. The minimum atomic E-state index is -1.18. The van der Waals surface area contributed by atoms with Crippen molar-refractivity contribution in [1.82, 2.24) is 5.01 Å². The van der Waals surface area contributed by atoms with E-state index >= 15 is 0 Å². The molecule has 0 bridgehead atoms. The van der Waals surface area contributed by atoms with Gasteiger partial charge in [-0.15, -0.1) is 0 Å². The fourth-order valence-corrected chi connectivity index (χ4v) is 5.98. The van der Waals surface area contributed by atoms with Gasteiger partial charge in [-0.3, -0.25) is 4.79 Å². The molecule has 1 saturated heterocycles. The first-order chi connectivity index (χ1) is 15.5. The molecule has 1 amide bonds. The molecule has 0 radical (unpaired) electrons. The van der Waals surface area contributed by atoms with Crippen LogP contribution < -0.4 is 14.5 Å². The number of amidine groups is 1. The molecule has 0 N–H and O–H groups in total. The van der Waals surface area contributed by atoms with E-state index in [4.69, 9.17) is 9.47 Å². The first-order valence-electron chi connectivity index (χ1n) is 12.0. The van der Waals surface area contributed by atoms with E-state index in [0.717, 1.165) is 40.0 Å². The SMILES string of the molecule is CC1C(=O)N(COCC[Si](C)(C)C)N=C2COc3cc(Br)c(N4C[C@H](C)CC[C@H]4C)cc3N21. The van der Waals surface area contributed by atoms with Crippen LogP contribution >= 0.6 is 15.9 Å². The number of ether oxygens (including phenoxy) is 2. The summed E-state index contributed by atoms with van der Waals surface area (Å²) in [4.78, 5) is 17.7. The lowest BCUT2D eigenvalue weighted by Gasteiger charge is -2.43. The number of fused-ring (bicyclic) bond motifs is 3. The molecule has 0 spiro atoms. The molecule has 33 heavy (non-hydrogen) atoms. The first kappa shape index (κ1) is 24.5. The van der Waals surface area contributed by atoms with Crippen LogP contribution in [0, 0.1) is 5.92 Å². The quantitative estimate of drug-likeness (QED) is 0.372. The second kappa shape index (κ2) is 9.58. The van der Waals surface area contributed by atoms with Crippen molar-refractivity contribution < 1.29 is 14.3 Å². The highest BCUT2D eigenvalue weighted by molar-refractivity contribution is 9.10. The van der Waals surface area contributed by atoms with Gasteiger partial charge < -0.3 is 19.3 Å². The zero-order valence-corrected chi connectivity index (χ0v) is 23.3. The Hall–Kier alpha value is -1.58. The summed E-state index contributed by atoms with van der Waals surface area (Å²) in [6, 6.07) is 5.36. The Morgan fingerprint density at radius 2 is 1.94 bits per heavy atom. The molecule has 1 aromatic carbocycles. The van der Waals surface area contributed by atoms with E-state index in [0.29, 0.717) is 25.2 Å². The van der Waals surface area contributed by atoms with Gasteiger partial charge in [0.15, 0.2) is 5.84 Å². The van der Waals surface area contributed by atoms with Crippen LogP contribution in [-0.2, 0) is 9.53 Å². The second-order valence-corrected chi connectivity index (χ2v) is 17.4. The monoisotopic (exact) mass is 536 g/mol. The number of piperidine rings is 1. The van der Waals surface area contributed by atoms with E-state index in [1.54, 1.807) is 0 Å². The Morgan fingerprint density at radius 1 is 1.18 bits per heavy atom. The topological polar surface area (TPSA) is 57.6 Å². The van der Waals surface area contributed by atoms with Crippen molar-refractivity contribution in [1.29, 1.82) is 0 Å². The number of nitrogens with zero attached hydrogens (tertiary/aromatic N) is 4. The summed E-state index contributed by atoms with van der Waals surface area (Å²) < 4.78 is 12.9.